The number of β-lactam (4-membered cyclic amide) rings is 2. The molecule has 2 aliphatic rings. The Bertz CT molecular complexity index is 2580. The molecule has 2 aromatic heterocycles. The third-order valence-corrected chi connectivity index (χ3v) is 10.4. The van der Waals surface area contributed by atoms with Crippen LogP contribution in [0.4, 0.5) is 5.13 Å². The lowest BCUT2D eigenvalue weighted by atomic mass is 9.74. The van der Waals surface area contributed by atoms with E-state index in [1.165, 1.54) is 16.7 Å². The van der Waals surface area contributed by atoms with Gasteiger partial charge in [-0.3, -0.25) is 23.5 Å². The summed E-state index contributed by atoms with van der Waals surface area (Å²) < 4.78 is 123. The van der Waals surface area contributed by atoms with Crippen LogP contribution in [0.2, 0.25) is 0 Å². The molecule has 26 nitrogen and oxygen atoms in total. The zero-order chi connectivity index (χ0) is 55.8. The zero-order valence-electron chi connectivity index (χ0n) is 43.2. The molecular weight excluding hydrogens is 961 g/mol. The standard InChI is InChI=1S/C18H26N4O9S2.C13H20N2O4S.C5H10N2O5S/c1-17(2,3)30-13(24)8-29-21-14(11-9-32-16(19-6)20-11)12(23)7-10-15(25)22(18(10,4)5)31-33(26,27)28;1-5-11-14-10(8-20-11)9(6-16)15-18-7-12(17)19-13(2,3)4;1-5(2)3(6)4(8)7(5)12-13(9,10)11/h9-10H,7-8H2,1-6H3,(H,19,20)(H,26,27,28);8,16H,5-7H2,1-4H3;3H,6H2,1-2H3,(H,9,10,11)/b21-14-;15-9+;/t10-;;3-/m1.1/s1/i4D3;;1D3/t10-,18+;;3-,5+. The Kier molecular flexibility index (Phi) is 16.5. The van der Waals surface area contributed by atoms with E-state index in [0.29, 0.717) is 16.5 Å². The second kappa shape index (κ2) is 22.8. The number of hydroxylamine groups is 4. The number of carbonyl (C=O) groups excluding carboxylic acids is 5. The van der Waals surface area contributed by atoms with Crippen LogP contribution in [0.3, 0.4) is 0 Å². The van der Waals surface area contributed by atoms with Gasteiger partial charge in [-0.05, 0) is 75.5 Å². The van der Waals surface area contributed by atoms with Gasteiger partial charge in [0.25, 0.3) is 11.8 Å². The molecule has 2 saturated heterocycles. The number of ether oxygens (including phenoxy) is 2. The number of anilines is 1. The van der Waals surface area contributed by atoms with Crippen molar-refractivity contribution in [3.05, 3.63) is 27.2 Å². The summed E-state index contributed by atoms with van der Waals surface area (Å²) in [5, 5.41) is 24.1. The van der Waals surface area contributed by atoms with Crippen LogP contribution < -0.4 is 11.1 Å². The van der Waals surface area contributed by atoms with E-state index in [9.17, 15) is 45.9 Å². The smallest absolute Gasteiger partial charge is 0.418 e. The van der Waals surface area contributed by atoms with Gasteiger partial charge in [0.2, 0.25) is 13.2 Å². The number of hydrogen-bond acceptors (Lipinski definition) is 24. The number of amides is 2. The minimum atomic E-state index is -5.23. The van der Waals surface area contributed by atoms with E-state index >= 15 is 0 Å². The fraction of sp³-hybridized carbons (Fsp3) is 0.639. The van der Waals surface area contributed by atoms with Crippen LogP contribution in [-0.4, -0.2) is 147 Å². The van der Waals surface area contributed by atoms with Crippen LogP contribution in [0, 0.1) is 5.92 Å². The average molecular weight is 1020 g/mol. The van der Waals surface area contributed by atoms with Crippen LogP contribution in [0.5, 0.6) is 0 Å². The Morgan fingerprint density at radius 3 is 1.79 bits per heavy atom. The van der Waals surface area contributed by atoms with Crippen molar-refractivity contribution >= 4 is 89.6 Å². The predicted molar refractivity (Wildman–Crippen MR) is 235 cm³/mol. The third kappa shape index (κ3) is 17.5. The number of thiazole rings is 2. The minimum absolute atomic E-state index is 0.00501. The Morgan fingerprint density at radius 2 is 1.36 bits per heavy atom. The fourth-order valence-corrected chi connectivity index (χ4v) is 7.13. The number of aromatic nitrogens is 2. The Labute approximate surface area is 398 Å². The lowest BCUT2D eigenvalue weighted by Gasteiger charge is -2.50. The van der Waals surface area contributed by atoms with Gasteiger partial charge < -0.3 is 35.3 Å². The monoisotopic (exact) mass is 1020 g/mol. The second-order valence-corrected chi connectivity index (χ2v) is 19.7. The number of aliphatic hydroxyl groups is 1. The topological polar surface area (TPSA) is 365 Å². The number of Topliss-reactive ketones (excluding diaryl/α,β-unsaturated/α-hetero) is 1. The first-order valence-electron chi connectivity index (χ1n) is 21.9. The fourth-order valence-electron chi connectivity index (χ4n) is 4.88. The van der Waals surface area contributed by atoms with Gasteiger partial charge in [-0.2, -0.15) is 27.0 Å². The first-order chi connectivity index (χ1) is 32.6. The van der Waals surface area contributed by atoms with Gasteiger partial charge in [0.15, 0.2) is 16.6 Å². The van der Waals surface area contributed by atoms with Crippen molar-refractivity contribution in [3.8, 4) is 0 Å². The maximum atomic E-state index is 13.2. The SMILES string of the molecule is CCc1nc(/C(CO)=N/OCC(=O)OC(C)(C)C)cs1.[2H]C([2H])([2H])[C@]1(C)[C@H](CC(=O)/C(=N\OCC(=O)OC(C)(C)C)c2csc(NC)n2)C(=O)N1OS(=O)(=O)O.[2H]C([2H])([2H])[C@]1(C)[C@H](N)C(=O)N1OS(=O)(=O)O. The van der Waals surface area contributed by atoms with Crippen LogP contribution in [0.1, 0.15) is 107 Å². The van der Waals surface area contributed by atoms with E-state index in [1.54, 1.807) is 54.0 Å². The van der Waals surface area contributed by atoms with Crippen LogP contribution >= 0.6 is 22.7 Å². The molecule has 0 aromatic carbocycles. The number of nitrogens with zero attached hydrogens (tertiary/aromatic N) is 6. The highest BCUT2D eigenvalue weighted by molar-refractivity contribution is 7.81. The quantitative estimate of drug-likeness (QED) is 0.0465. The molecule has 30 heteroatoms. The van der Waals surface area contributed by atoms with Crippen LogP contribution in [-0.2, 0) is 78.9 Å². The number of ketones is 1. The van der Waals surface area contributed by atoms with Crippen molar-refractivity contribution in [3.63, 3.8) is 0 Å². The molecule has 4 atom stereocenters. The van der Waals surface area contributed by atoms with Gasteiger partial charge in [-0.1, -0.05) is 17.2 Å². The Hall–Kier alpha value is -4.79. The Morgan fingerprint density at radius 1 is 0.864 bits per heavy atom. The summed E-state index contributed by atoms with van der Waals surface area (Å²) in [6.07, 6.45) is 0.0717. The van der Waals surface area contributed by atoms with Gasteiger partial charge >= 0.3 is 32.7 Å². The maximum Gasteiger partial charge on any atom is 0.418 e. The molecule has 2 aromatic rings. The molecule has 4 rings (SSSR count). The zero-order valence-corrected chi connectivity index (χ0v) is 40.5. The number of nitrogens with two attached hydrogens (primary N) is 1. The second-order valence-electron chi connectivity index (χ2n) is 15.8. The first kappa shape index (κ1) is 47.7. The van der Waals surface area contributed by atoms with Crippen molar-refractivity contribution in [2.45, 2.75) is 117 Å². The van der Waals surface area contributed by atoms with E-state index in [1.807, 2.05) is 6.92 Å². The van der Waals surface area contributed by atoms with E-state index in [4.69, 9.17) is 42.2 Å². The summed E-state index contributed by atoms with van der Waals surface area (Å²) in [5.41, 5.74) is 0.141. The molecule has 4 heterocycles. The number of esters is 2. The molecule has 2 fully saturated rings. The summed E-state index contributed by atoms with van der Waals surface area (Å²) in [4.78, 5) is 78.5. The summed E-state index contributed by atoms with van der Waals surface area (Å²) in [6, 6.07) is -1.42. The van der Waals surface area contributed by atoms with Gasteiger partial charge in [0.05, 0.1) is 28.6 Å². The molecule has 6 N–H and O–H groups in total. The van der Waals surface area contributed by atoms with Crippen molar-refractivity contribution < 1.29 is 91.0 Å². The molecule has 0 saturated carbocycles. The highest BCUT2D eigenvalue weighted by Crippen LogP contribution is 2.41. The van der Waals surface area contributed by atoms with Crippen LogP contribution in [0.25, 0.3) is 0 Å². The lowest BCUT2D eigenvalue weighted by molar-refractivity contribution is -0.228. The third-order valence-electron chi connectivity index (χ3n) is 7.88. The van der Waals surface area contributed by atoms with E-state index in [2.05, 4.69) is 34.2 Å². The van der Waals surface area contributed by atoms with Crippen molar-refractivity contribution in [1.82, 2.24) is 20.1 Å². The molecule has 66 heavy (non-hydrogen) atoms. The number of aliphatic hydroxyl groups excluding tert-OH is 1. The molecular formula is C36H56N8O18S4. The van der Waals surface area contributed by atoms with Crippen molar-refractivity contribution in [1.29, 1.82) is 0 Å². The number of carbonyl (C=O) groups is 5. The van der Waals surface area contributed by atoms with Gasteiger partial charge in [-0.25, -0.2) is 19.6 Å². The number of oxime groups is 2. The molecule has 0 bridgehead atoms. The van der Waals surface area contributed by atoms with E-state index in [-0.39, 0.29) is 29.0 Å². The molecule has 2 aliphatic heterocycles. The van der Waals surface area contributed by atoms with Crippen LogP contribution in [0.15, 0.2) is 21.1 Å². The average Bonchev–Trinajstić information content (AvgIpc) is 3.91. The number of hydrogen-bond donors (Lipinski definition) is 5. The molecule has 0 spiro atoms. The summed E-state index contributed by atoms with van der Waals surface area (Å²) in [5.74, 6) is -5.93. The van der Waals surface area contributed by atoms with Gasteiger partial charge in [0.1, 0.15) is 34.3 Å². The minimum Gasteiger partial charge on any atom is -0.457 e. The number of rotatable bonds is 18. The largest absolute Gasteiger partial charge is 0.457 e. The summed E-state index contributed by atoms with van der Waals surface area (Å²) in [7, 11) is -8.62. The molecule has 0 unspecified atom stereocenters. The normalized spacial score (nSPS) is 23.0. The van der Waals surface area contributed by atoms with Crippen molar-refractivity contribution in [2.75, 3.05) is 32.2 Å². The lowest BCUT2D eigenvalue weighted by Crippen LogP contribution is -2.74. The van der Waals surface area contributed by atoms with Gasteiger partial charge in [0, 0.05) is 32.5 Å². The summed E-state index contributed by atoms with van der Waals surface area (Å²) >= 11 is 2.60. The summed E-state index contributed by atoms with van der Waals surface area (Å²) in [6.45, 7) is 7.26. The van der Waals surface area contributed by atoms with Crippen molar-refractivity contribution in [2.24, 2.45) is 22.0 Å². The number of aryl methyl sites for hydroxylation is 1. The molecule has 372 valence electrons. The highest BCUT2D eigenvalue weighted by atomic mass is 32.3. The Balaban J connectivity index is 0.000000413. The molecule has 2 amide bonds. The molecule has 0 radical (unpaired) electrons. The van der Waals surface area contributed by atoms with Gasteiger partial charge in [-0.15, -0.1) is 31.2 Å². The maximum absolute atomic E-state index is 13.2. The van der Waals surface area contributed by atoms with E-state index in [0.717, 1.165) is 36.6 Å². The number of nitrogens with one attached hydrogen (secondary N) is 1. The molecule has 0 aliphatic carbocycles. The highest BCUT2D eigenvalue weighted by Gasteiger charge is 2.58. The van der Waals surface area contributed by atoms with E-state index < -0.39 is 117 Å². The predicted octanol–water partition coefficient (Wildman–Crippen LogP) is 1.61. The first-order valence-corrected chi connectivity index (χ1v) is 23.4.